The highest BCUT2D eigenvalue weighted by atomic mass is 79.9. The molecule has 5 heteroatoms. The van der Waals surface area contributed by atoms with Gasteiger partial charge in [-0.05, 0) is 28.1 Å². The van der Waals surface area contributed by atoms with Crippen LogP contribution in [0.2, 0.25) is 0 Å². The second kappa shape index (κ2) is 3.86. The van der Waals surface area contributed by atoms with Crippen molar-refractivity contribution in [2.45, 2.75) is 0 Å². The molecule has 0 fully saturated rings. The van der Waals surface area contributed by atoms with Crippen LogP contribution < -0.4 is 0 Å². The van der Waals surface area contributed by atoms with Crippen LogP contribution in [-0.2, 0) is 0 Å². The number of benzene rings is 1. The van der Waals surface area contributed by atoms with Crippen LogP contribution in [0.3, 0.4) is 0 Å². The van der Waals surface area contributed by atoms with Crippen molar-refractivity contribution in [2.75, 3.05) is 0 Å². The molecule has 0 amide bonds. The predicted octanol–water partition coefficient (Wildman–Crippen LogP) is 2.80. The molecule has 0 unspecified atom stereocenters. The van der Waals surface area contributed by atoms with Crippen LogP contribution in [0.5, 0.6) is 0 Å². The van der Waals surface area contributed by atoms with Gasteiger partial charge in [0.05, 0.1) is 0 Å². The van der Waals surface area contributed by atoms with E-state index in [0.29, 0.717) is 5.89 Å². The zero-order valence-electron chi connectivity index (χ0n) is 7.48. The van der Waals surface area contributed by atoms with Crippen molar-refractivity contribution >= 4 is 21.9 Å². The van der Waals surface area contributed by atoms with Crippen LogP contribution in [0.15, 0.2) is 39.4 Å². The third kappa shape index (κ3) is 1.92. The second-order valence-corrected chi connectivity index (χ2v) is 3.56. The van der Waals surface area contributed by atoms with Crippen molar-refractivity contribution < 1.29 is 14.3 Å². The molecule has 0 aliphatic heterocycles. The minimum atomic E-state index is -1.14. The topological polar surface area (TPSA) is 63.3 Å². The predicted molar refractivity (Wildman–Crippen MR) is 56.6 cm³/mol. The SMILES string of the molecule is O=C(O)c1oc(-c2ccccc2)nc1Br. The summed E-state index contributed by atoms with van der Waals surface area (Å²) >= 11 is 3.03. The molecule has 1 aromatic heterocycles. The van der Waals surface area contributed by atoms with E-state index in [1.165, 1.54) is 0 Å². The Morgan fingerprint density at radius 3 is 2.53 bits per heavy atom. The van der Waals surface area contributed by atoms with Gasteiger partial charge >= 0.3 is 5.97 Å². The Balaban J connectivity index is 2.48. The lowest BCUT2D eigenvalue weighted by Crippen LogP contribution is -1.93. The van der Waals surface area contributed by atoms with Crippen LogP contribution in [0, 0.1) is 0 Å². The standard InChI is InChI=1S/C10H6BrNO3/c11-8-7(10(13)14)15-9(12-8)6-4-2-1-3-5-6/h1-5H,(H,13,14). The number of oxazole rings is 1. The number of nitrogens with zero attached hydrogens (tertiary/aromatic N) is 1. The summed E-state index contributed by atoms with van der Waals surface area (Å²) in [4.78, 5) is 14.7. The lowest BCUT2D eigenvalue weighted by atomic mass is 10.2. The summed E-state index contributed by atoms with van der Waals surface area (Å²) in [7, 11) is 0. The van der Waals surface area contributed by atoms with Gasteiger partial charge in [0.2, 0.25) is 11.7 Å². The van der Waals surface area contributed by atoms with Crippen molar-refractivity contribution in [3.63, 3.8) is 0 Å². The second-order valence-electron chi connectivity index (χ2n) is 2.81. The Morgan fingerprint density at radius 1 is 1.33 bits per heavy atom. The summed E-state index contributed by atoms with van der Waals surface area (Å²) in [6, 6.07) is 9.11. The molecule has 0 spiro atoms. The Kier molecular flexibility index (Phi) is 2.55. The third-order valence-electron chi connectivity index (χ3n) is 1.80. The molecule has 4 nitrogen and oxygen atoms in total. The lowest BCUT2D eigenvalue weighted by Gasteiger charge is -1.92. The smallest absolute Gasteiger partial charge is 0.374 e. The average molecular weight is 268 g/mol. The maximum Gasteiger partial charge on any atom is 0.374 e. The Morgan fingerprint density at radius 2 is 2.00 bits per heavy atom. The molecule has 0 atom stereocenters. The summed E-state index contributed by atoms with van der Waals surface area (Å²) in [6.07, 6.45) is 0. The first-order valence-corrected chi connectivity index (χ1v) is 4.93. The highest BCUT2D eigenvalue weighted by Gasteiger charge is 2.17. The van der Waals surface area contributed by atoms with Crippen molar-refractivity contribution in [3.8, 4) is 11.5 Å². The fraction of sp³-hybridized carbons (Fsp3) is 0. The maximum absolute atomic E-state index is 10.7. The van der Waals surface area contributed by atoms with E-state index in [0.717, 1.165) is 5.56 Å². The number of hydrogen-bond donors (Lipinski definition) is 1. The molecule has 0 radical (unpaired) electrons. The average Bonchev–Trinajstić information content (AvgIpc) is 2.62. The number of hydrogen-bond acceptors (Lipinski definition) is 3. The number of carboxylic acids is 1. The maximum atomic E-state index is 10.7. The van der Waals surface area contributed by atoms with Gasteiger partial charge in [-0.25, -0.2) is 9.78 Å². The molecule has 1 aromatic carbocycles. The van der Waals surface area contributed by atoms with E-state index < -0.39 is 5.97 Å². The molecule has 0 saturated heterocycles. The van der Waals surface area contributed by atoms with Crippen LogP contribution in [-0.4, -0.2) is 16.1 Å². The van der Waals surface area contributed by atoms with Crippen LogP contribution in [0.1, 0.15) is 10.6 Å². The number of aromatic nitrogens is 1. The number of halogens is 1. The number of carboxylic acid groups (broad SMARTS) is 1. The minimum absolute atomic E-state index is 0.186. The van der Waals surface area contributed by atoms with Gasteiger partial charge in [-0.15, -0.1) is 0 Å². The molecule has 1 heterocycles. The molecule has 2 rings (SSSR count). The zero-order valence-corrected chi connectivity index (χ0v) is 9.06. The molecule has 0 saturated carbocycles. The van der Waals surface area contributed by atoms with Gasteiger partial charge in [-0.2, -0.15) is 0 Å². The van der Waals surface area contributed by atoms with Gasteiger partial charge in [0.25, 0.3) is 0 Å². The first-order valence-electron chi connectivity index (χ1n) is 4.13. The van der Waals surface area contributed by atoms with Crippen molar-refractivity contribution in [3.05, 3.63) is 40.7 Å². The number of carbonyl (C=O) groups is 1. The molecule has 0 bridgehead atoms. The van der Waals surface area contributed by atoms with Crippen LogP contribution in [0.25, 0.3) is 11.5 Å². The van der Waals surface area contributed by atoms with E-state index in [4.69, 9.17) is 9.52 Å². The Bertz CT molecular complexity index is 493. The normalized spacial score (nSPS) is 10.2. The summed E-state index contributed by atoms with van der Waals surface area (Å²) in [6.45, 7) is 0. The molecule has 0 aliphatic rings. The summed E-state index contributed by atoms with van der Waals surface area (Å²) in [5, 5.41) is 8.76. The van der Waals surface area contributed by atoms with Crippen LogP contribution in [0.4, 0.5) is 0 Å². The number of rotatable bonds is 2. The molecule has 15 heavy (non-hydrogen) atoms. The first kappa shape index (κ1) is 9.92. The van der Waals surface area contributed by atoms with Gasteiger partial charge in [0, 0.05) is 5.56 Å². The largest absolute Gasteiger partial charge is 0.475 e. The van der Waals surface area contributed by atoms with Crippen LogP contribution >= 0.6 is 15.9 Å². The Labute approximate surface area is 93.7 Å². The zero-order chi connectivity index (χ0) is 10.8. The van der Waals surface area contributed by atoms with Gasteiger partial charge < -0.3 is 9.52 Å². The molecular weight excluding hydrogens is 262 g/mol. The fourth-order valence-electron chi connectivity index (χ4n) is 1.14. The first-order chi connectivity index (χ1) is 7.18. The van der Waals surface area contributed by atoms with E-state index >= 15 is 0 Å². The molecule has 2 aromatic rings. The monoisotopic (exact) mass is 267 g/mol. The quantitative estimate of drug-likeness (QED) is 0.909. The third-order valence-corrected chi connectivity index (χ3v) is 2.34. The van der Waals surface area contributed by atoms with E-state index in [-0.39, 0.29) is 10.4 Å². The van der Waals surface area contributed by atoms with Gasteiger partial charge in [-0.3, -0.25) is 0 Å². The van der Waals surface area contributed by atoms with Gasteiger partial charge in [-0.1, -0.05) is 18.2 Å². The molecule has 0 aliphatic carbocycles. The number of aromatic carboxylic acids is 1. The summed E-state index contributed by atoms with van der Waals surface area (Å²) in [5.74, 6) is -1.04. The van der Waals surface area contributed by atoms with Gasteiger partial charge in [0.15, 0.2) is 4.60 Å². The van der Waals surface area contributed by atoms with E-state index in [1.807, 2.05) is 18.2 Å². The van der Waals surface area contributed by atoms with Crippen molar-refractivity contribution in [1.29, 1.82) is 0 Å². The highest BCUT2D eigenvalue weighted by molar-refractivity contribution is 9.10. The van der Waals surface area contributed by atoms with E-state index in [2.05, 4.69) is 20.9 Å². The Hall–Kier alpha value is -1.62. The molecule has 76 valence electrons. The van der Waals surface area contributed by atoms with Gasteiger partial charge in [0.1, 0.15) is 0 Å². The summed E-state index contributed by atoms with van der Waals surface area (Å²) in [5.41, 5.74) is 0.741. The van der Waals surface area contributed by atoms with Crippen molar-refractivity contribution in [1.82, 2.24) is 4.98 Å². The van der Waals surface area contributed by atoms with Crippen molar-refractivity contribution in [2.24, 2.45) is 0 Å². The molecular formula is C10H6BrNO3. The molecule has 1 N–H and O–H groups in total. The van der Waals surface area contributed by atoms with E-state index in [1.54, 1.807) is 12.1 Å². The minimum Gasteiger partial charge on any atom is -0.475 e. The van der Waals surface area contributed by atoms with E-state index in [9.17, 15) is 4.79 Å². The lowest BCUT2D eigenvalue weighted by molar-refractivity contribution is 0.0662. The summed E-state index contributed by atoms with van der Waals surface area (Å²) < 4.78 is 5.31. The highest BCUT2D eigenvalue weighted by Crippen LogP contribution is 2.24. The fourth-order valence-corrected chi connectivity index (χ4v) is 1.55.